The van der Waals surface area contributed by atoms with Crippen LogP contribution in [0.25, 0.3) is 11.1 Å². The summed E-state index contributed by atoms with van der Waals surface area (Å²) in [7, 11) is 3.42. The van der Waals surface area contributed by atoms with Gasteiger partial charge in [-0.3, -0.25) is 19.6 Å². The zero-order valence-electron chi connectivity index (χ0n) is 18.3. The molecule has 32 heavy (non-hydrogen) atoms. The summed E-state index contributed by atoms with van der Waals surface area (Å²) in [5.41, 5.74) is 2.40. The average Bonchev–Trinajstić information content (AvgIpc) is 2.84. The van der Waals surface area contributed by atoms with Crippen LogP contribution >= 0.6 is 0 Å². The van der Waals surface area contributed by atoms with Crippen LogP contribution in [0.5, 0.6) is 0 Å². The second-order valence-electron chi connectivity index (χ2n) is 8.13. The molecule has 3 heterocycles. The Balaban J connectivity index is 1.59. The standard InChI is InChI=1S/C25H26N4O3/c1-28(2)24(31)25(15-19-7-9-20(10-8-19)21-5-3-11-26-16-21)18-29(13-14-32-25)23(30)22-6-4-12-27-17-22/h3-12,16-17H,13-15,18H2,1-2H3/t25-/m1/s1. The van der Waals surface area contributed by atoms with Crippen molar-refractivity contribution in [1.82, 2.24) is 19.8 Å². The van der Waals surface area contributed by atoms with E-state index in [4.69, 9.17) is 4.74 Å². The summed E-state index contributed by atoms with van der Waals surface area (Å²) in [6.45, 7) is 0.900. The van der Waals surface area contributed by atoms with Crippen LogP contribution in [0.15, 0.2) is 73.3 Å². The zero-order chi connectivity index (χ0) is 22.6. The number of benzene rings is 1. The molecule has 1 aromatic carbocycles. The van der Waals surface area contributed by atoms with Crippen molar-refractivity contribution >= 4 is 11.8 Å². The maximum Gasteiger partial charge on any atom is 0.256 e. The lowest BCUT2D eigenvalue weighted by Gasteiger charge is -2.42. The average molecular weight is 431 g/mol. The highest BCUT2D eigenvalue weighted by Crippen LogP contribution is 2.28. The first-order chi connectivity index (χ1) is 15.5. The van der Waals surface area contributed by atoms with Crippen LogP contribution in [0, 0.1) is 0 Å². The highest BCUT2D eigenvalue weighted by Gasteiger charge is 2.46. The molecule has 7 nitrogen and oxygen atoms in total. The third kappa shape index (κ3) is 4.53. The number of amides is 2. The smallest absolute Gasteiger partial charge is 0.256 e. The summed E-state index contributed by atoms with van der Waals surface area (Å²) in [6.07, 6.45) is 7.11. The molecule has 1 fully saturated rings. The summed E-state index contributed by atoms with van der Waals surface area (Å²) >= 11 is 0. The molecule has 7 heteroatoms. The number of hydrogen-bond acceptors (Lipinski definition) is 5. The first-order valence-electron chi connectivity index (χ1n) is 10.5. The Morgan fingerprint density at radius 2 is 1.72 bits per heavy atom. The van der Waals surface area contributed by atoms with Crippen molar-refractivity contribution in [3.05, 3.63) is 84.4 Å². The lowest BCUT2D eigenvalue weighted by molar-refractivity contribution is -0.165. The molecule has 3 aromatic rings. The molecule has 1 aliphatic rings. The molecule has 0 saturated carbocycles. The zero-order valence-corrected chi connectivity index (χ0v) is 18.3. The van der Waals surface area contributed by atoms with Gasteiger partial charge in [0.05, 0.1) is 18.7 Å². The molecule has 0 N–H and O–H groups in total. The lowest BCUT2D eigenvalue weighted by atomic mass is 9.90. The molecule has 0 aliphatic carbocycles. The minimum Gasteiger partial charge on any atom is -0.361 e. The monoisotopic (exact) mass is 430 g/mol. The van der Waals surface area contributed by atoms with E-state index in [0.717, 1.165) is 16.7 Å². The minimum absolute atomic E-state index is 0.149. The van der Waals surface area contributed by atoms with Crippen molar-refractivity contribution < 1.29 is 14.3 Å². The Morgan fingerprint density at radius 3 is 2.34 bits per heavy atom. The number of carbonyl (C=O) groups is 2. The minimum atomic E-state index is -1.14. The number of nitrogens with zero attached hydrogens (tertiary/aromatic N) is 4. The van der Waals surface area contributed by atoms with Gasteiger partial charge in [0, 0.05) is 51.8 Å². The first-order valence-corrected chi connectivity index (χ1v) is 10.5. The van der Waals surface area contributed by atoms with E-state index in [-0.39, 0.29) is 18.4 Å². The molecule has 0 spiro atoms. The first kappa shape index (κ1) is 21.6. The van der Waals surface area contributed by atoms with Gasteiger partial charge >= 0.3 is 0 Å². The Bertz CT molecular complexity index is 1070. The van der Waals surface area contributed by atoms with Crippen LogP contribution in [0.3, 0.4) is 0 Å². The third-order valence-electron chi connectivity index (χ3n) is 5.62. The van der Waals surface area contributed by atoms with Crippen LogP contribution < -0.4 is 0 Å². The predicted octanol–water partition coefficient (Wildman–Crippen LogP) is 2.69. The largest absolute Gasteiger partial charge is 0.361 e. The summed E-state index contributed by atoms with van der Waals surface area (Å²) in [4.78, 5) is 37.7. The second-order valence-corrected chi connectivity index (χ2v) is 8.13. The molecule has 2 amide bonds. The van der Waals surface area contributed by atoms with E-state index in [9.17, 15) is 9.59 Å². The summed E-state index contributed by atoms with van der Waals surface area (Å²) < 4.78 is 6.11. The maximum atomic E-state index is 13.3. The Hall–Kier alpha value is -3.58. The van der Waals surface area contributed by atoms with Gasteiger partial charge in [-0.15, -0.1) is 0 Å². The van der Waals surface area contributed by atoms with E-state index < -0.39 is 5.60 Å². The highest BCUT2D eigenvalue weighted by molar-refractivity contribution is 5.95. The van der Waals surface area contributed by atoms with Gasteiger partial charge in [-0.25, -0.2) is 0 Å². The van der Waals surface area contributed by atoms with Crippen molar-refractivity contribution in [2.24, 2.45) is 0 Å². The highest BCUT2D eigenvalue weighted by atomic mass is 16.5. The second kappa shape index (κ2) is 9.28. The Morgan fingerprint density at radius 1 is 1.00 bits per heavy atom. The summed E-state index contributed by atoms with van der Waals surface area (Å²) in [5.74, 6) is -0.304. The van der Waals surface area contributed by atoms with Crippen LogP contribution in [0.1, 0.15) is 15.9 Å². The lowest BCUT2D eigenvalue weighted by Crippen LogP contribution is -2.61. The fraction of sp³-hybridized carbons (Fsp3) is 0.280. The normalized spacial score (nSPS) is 18.2. The Labute approximate surface area is 187 Å². The van der Waals surface area contributed by atoms with Crippen molar-refractivity contribution in [3.8, 4) is 11.1 Å². The number of ether oxygens (including phenoxy) is 1. The van der Waals surface area contributed by atoms with Crippen LogP contribution in [-0.4, -0.2) is 71.0 Å². The van der Waals surface area contributed by atoms with E-state index in [1.54, 1.807) is 49.7 Å². The van der Waals surface area contributed by atoms with E-state index in [1.807, 2.05) is 42.6 Å². The van der Waals surface area contributed by atoms with E-state index in [0.29, 0.717) is 25.1 Å². The molecule has 4 rings (SSSR count). The van der Waals surface area contributed by atoms with Crippen molar-refractivity contribution in [2.75, 3.05) is 33.8 Å². The summed E-state index contributed by atoms with van der Waals surface area (Å²) in [5, 5.41) is 0. The van der Waals surface area contributed by atoms with Gasteiger partial charge < -0.3 is 14.5 Å². The molecule has 164 valence electrons. The van der Waals surface area contributed by atoms with Crippen LogP contribution in [0.2, 0.25) is 0 Å². The maximum absolute atomic E-state index is 13.3. The number of hydrogen-bond donors (Lipinski definition) is 0. The van der Waals surface area contributed by atoms with Gasteiger partial charge in [-0.05, 0) is 34.9 Å². The van der Waals surface area contributed by atoms with Gasteiger partial charge in [-0.1, -0.05) is 30.3 Å². The van der Waals surface area contributed by atoms with Crippen LogP contribution in [-0.2, 0) is 16.0 Å². The molecule has 0 unspecified atom stereocenters. The van der Waals surface area contributed by atoms with Gasteiger partial charge in [0.1, 0.15) is 0 Å². The molecule has 1 saturated heterocycles. The van der Waals surface area contributed by atoms with E-state index in [1.165, 1.54) is 4.90 Å². The fourth-order valence-electron chi connectivity index (χ4n) is 4.03. The van der Waals surface area contributed by atoms with Gasteiger partial charge in [0.15, 0.2) is 5.60 Å². The molecule has 0 radical (unpaired) electrons. The number of pyridine rings is 2. The van der Waals surface area contributed by atoms with E-state index in [2.05, 4.69) is 9.97 Å². The van der Waals surface area contributed by atoms with Gasteiger partial charge in [-0.2, -0.15) is 0 Å². The number of aromatic nitrogens is 2. The SMILES string of the molecule is CN(C)C(=O)[C@@]1(Cc2ccc(-c3cccnc3)cc2)CN(C(=O)c2cccnc2)CCO1. The molecule has 0 bridgehead atoms. The summed E-state index contributed by atoms with van der Waals surface area (Å²) in [6, 6.07) is 15.4. The van der Waals surface area contributed by atoms with E-state index >= 15 is 0 Å². The molecule has 2 aromatic heterocycles. The fourth-order valence-corrected chi connectivity index (χ4v) is 4.03. The number of morpholine rings is 1. The third-order valence-corrected chi connectivity index (χ3v) is 5.62. The van der Waals surface area contributed by atoms with Gasteiger partial charge in [0.25, 0.3) is 11.8 Å². The van der Waals surface area contributed by atoms with Gasteiger partial charge in [0.2, 0.25) is 0 Å². The molecular formula is C25H26N4O3. The van der Waals surface area contributed by atoms with Crippen LogP contribution in [0.4, 0.5) is 0 Å². The quantitative estimate of drug-likeness (QED) is 0.622. The predicted molar refractivity (Wildman–Crippen MR) is 121 cm³/mol. The molecule has 1 aliphatic heterocycles. The topological polar surface area (TPSA) is 75.6 Å². The molecular weight excluding hydrogens is 404 g/mol. The molecule has 1 atom stereocenters. The number of rotatable bonds is 5. The number of likely N-dealkylation sites (N-methyl/N-ethyl adjacent to an activating group) is 1. The van der Waals surface area contributed by atoms with Crippen molar-refractivity contribution in [1.29, 1.82) is 0 Å². The van der Waals surface area contributed by atoms with Crippen molar-refractivity contribution in [3.63, 3.8) is 0 Å². The number of carbonyl (C=O) groups excluding carboxylic acids is 2. The van der Waals surface area contributed by atoms with Crippen molar-refractivity contribution in [2.45, 2.75) is 12.0 Å². The Kier molecular flexibility index (Phi) is 6.28.